The molecule has 2 aromatic heterocycles. The van der Waals surface area contributed by atoms with Crippen molar-refractivity contribution in [2.75, 3.05) is 7.11 Å². The molecule has 0 radical (unpaired) electrons. The Labute approximate surface area is 152 Å². The van der Waals surface area contributed by atoms with Gasteiger partial charge in [0.15, 0.2) is 23.0 Å². The molecule has 1 unspecified atom stereocenters. The van der Waals surface area contributed by atoms with Crippen LogP contribution in [0.25, 0.3) is 5.65 Å². The minimum atomic E-state index is -1.01. The monoisotopic (exact) mass is 372 g/mol. The molecule has 1 saturated heterocycles. The van der Waals surface area contributed by atoms with Crippen LogP contribution in [0.4, 0.5) is 13.6 Å². The van der Waals surface area contributed by atoms with Crippen LogP contribution in [0, 0.1) is 11.6 Å². The Morgan fingerprint density at radius 3 is 2.74 bits per heavy atom. The zero-order chi connectivity index (χ0) is 19.1. The number of carbonyl (C=O) groups excluding carboxylic acids is 2. The lowest BCUT2D eigenvalue weighted by molar-refractivity contribution is -0.128. The van der Waals surface area contributed by atoms with E-state index in [1.807, 2.05) is 0 Å². The lowest BCUT2D eigenvalue weighted by Gasteiger charge is -2.12. The number of ether oxygens (including phenoxy) is 1. The Hall–Kier alpha value is -3.49. The number of carbonyl (C=O) groups is 2. The Balaban J connectivity index is 1.59. The maximum atomic E-state index is 13.9. The summed E-state index contributed by atoms with van der Waals surface area (Å²) in [5.41, 5.74) is 0.758. The summed E-state index contributed by atoms with van der Waals surface area (Å²) in [6.07, 6.45) is 3.16. The number of nitrogens with zero attached hydrogens (tertiary/aromatic N) is 3. The molecule has 0 saturated carbocycles. The molecule has 0 aliphatic carbocycles. The highest BCUT2D eigenvalue weighted by Crippen LogP contribution is 2.27. The summed E-state index contributed by atoms with van der Waals surface area (Å²) in [6.45, 7) is -0.124. The zero-order valence-electron chi connectivity index (χ0n) is 14.1. The van der Waals surface area contributed by atoms with Crippen LogP contribution in [0.5, 0.6) is 5.75 Å². The quantitative estimate of drug-likeness (QED) is 0.714. The number of rotatable bonds is 4. The molecule has 3 amide bonds. The van der Waals surface area contributed by atoms with Gasteiger partial charge in [-0.15, -0.1) is 0 Å². The topological polar surface area (TPSA) is 75.9 Å². The minimum absolute atomic E-state index is 0.0408. The summed E-state index contributed by atoms with van der Waals surface area (Å²) in [5, 5.41) is 2.52. The molecule has 1 fully saturated rings. The van der Waals surface area contributed by atoms with Crippen molar-refractivity contribution in [2.24, 2.45) is 0 Å². The van der Waals surface area contributed by atoms with Crippen molar-refractivity contribution in [3.05, 3.63) is 65.6 Å². The molecule has 7 nitrogen and oxygen atoms in total. The van der Waals surface area contributed by atoms with E-state index in [0.717, 1.165) is 11.0 Å². The number of aromatic nitrogens is 2. The number of fused-ring (bicyclic) bond motifs is 1. The summed E-state index contributed by atoms with van der Waals surface area (Å²) < 4.78 is 34.0. The van der Waals surface area contributed by atoms with E-state index in [0.29, 0.717) is 11.3 Å². The number of benzene rings is 1. The molecule has 1 N–H and O–H groups in total. The van der Waals surface area contributed by atoms with Gasteiger partial charge in [-0.1, -0.05) is 6.07 Å². The number of pyridine rings is 1. The smallest absolute Gasteiger partial charge is 0.325 e. The molecular formula is C18H14F2N4O3. The van der Waals surface area contributed by atoms with E-state index in [-0.39, 0.29) is 17.9 Å². The molecule has 1 aliphatic heterocycles. The zero-order valence-corrected chi connectivity index (χ0v) is 14.1. The number of hydrogen-bond donors (Lipinski definition) is 1. The molecule has 138 valence electrons. The lowest BCUT2D eigenvalue weighted by Crippen LogP contribution is -2.30. The lowest BCUT2D eigenvalue weighted by atomic mass is 10.1. The Bertz CT molecular complexity index is 1070. The molecule has 9 heteroatoms. The predicted octanol–water partition coefficient (Wildman–Crippen LogP) is 2.41. The second-order valence-electron chi connectivity index (χ2n) is 6.02. The van der Waals surface area contributed by atoms with Crippen molar-refractivity contribution in [1.29, 1.82) is 0 Å². The summed E-state index contributed by atoms with van der Waals surface area (Å²) in [6, 6.07) is 5.20. The summed E-state index contributed by atoms with van der Waals surface area (Å²) >= 11 is 0. The Morgan fingerprint density at radius 2 is 2.04 bits per heavy atom. The van der Waals surface area contributed by atoms with Crippen molar-refractivity contribution in [3.63, 3.8) is 0 Å². The third-order valence-corrected chi connectivity index (χ3v) is 4.34. The van der Waals surface area contributed by atoms with Gasteiger partial charge in [0.2, 0.25) is 0 Å². The third kappa shape index (κ3) is 2.86. The molecule has 3 aromatic rings. The van der Waals surface area contributed by atoms with E-state index < -0.39 is 29.6 Å². The van der Waals surface area contributed by atoms with Crippen LogP contribution in [0.1, 0.15) is 17.3 Å². The molecule has 0 spiro atoms. The number of imide groups is 1. The number of urea groups is 1. The van der Waals surface area contributed by atoms with Gasteiger partial charge in [-0.3, -0.25) is 9.69 Å². The second kappa shape index (κ2) is 6.35. The number of halogens is 2. The first kappa shape index (κ1) is 17.0. The van der Waals surface area contributed by atoms with E-state index in [2.05, 4.69) is 10.3 Å². The summed E-state index contributed by atoms with van der Waals surface area (Å²) in [7, 11) is 1.33. The van der Waals surface area contributed by atoms with Crippen molar-refractivity contribution < 1.29 is 23.1 Å². The normalized spacial score (nSPS) is 16.9. The molecule has 4 rings (SSSR count). The van der Waals surface area contributed by atoms with Crippen LogP contribution in [0.15, 0.2) is 42.7 Å². The van der Waals surface area contributed by atoms with Gasteiger partial charge < -0.3 is 14.5 Å². The van der Waals surface area contributed by atoms with Crippen molar-refractivity contribution >= 4 is 17.6 Å². The number of methoxy groups -OCH3 is 1. The highest BCUT2D eigenvalue weighted by atomic mass is 19.1. The maximum absolute atomic E-state index is 13.9. The SMILES string of the molecule is COc1ccc(C2NC(=O)N(Cc3cn4cccc(F)c4n3)C2=O)cc1F. The van der Waals surface area contributed by atoms with Crippen LogP contribution >= 0.6 is 0 Å². The van der Waals surface area contributed by atoms with Gasteiger partial charge in [0, 0.05) is 12.4 Å². The Kier molecular flexibility index (Phi) is 3.98. The van der Waals surface area contributed by atoms with E-state index in [4.69, 9.17) is 4.74 Å². The van der Waals surface area contributed by atoms with Gasteiger partial charge in [-0.2, -0.15) is 0 Å². The molecule has 27 heavy (non-hydrogen) atoms. The molecule has 3 heterocycles. The molecule has 1 aliphatic rings. The van der Waals surface area contributed by atoms with Gasteiger partial charge in [-0.25, -0.2) is 18.6 Å². The van der Waals surface area contributed by atoms with E-state index in [1.165, 1.54) is 35.8 Å². The largest absolute Gasteiger partial charge is 0.494 e. The average molecular weight is 372 g/mol. The number of hydrogen-bond acceptors (Lipinski definition) is 4. The Morgan fingerprint density at radius 1 is 1.22 bits per heavy atom. The van der Waals surface area contributed by atoms with Crippen LogP contribution in [-0.2, 0) is 11.3 Å². The number of nitrogens with one attached hydrogen (secondary N) is 1. The fraction of sp³-hybridized carbons (Fsp3) is 0.167. The van der Waals surface area contributed by atoms with Crippen LogP contribution in [-0.4, -0.2) is 33.3 Å². The van der Waals surface area contributed by atoms with Gasteiger partial charge in [0.05, 0.1) is 19.3 Å². The number of imidazole rings is 1. The molecule has 1 atom stereocenters. The average Bonchev–Trinajstić information content (AvgIpc) is 3.18. The van der Waals surface area contributed by atoms with Crippen LogP contribution in [0.2, 0.25) is 0 Å². The molecular weight excluding hydrogens is 358 g/mol. The highest BCUT2D eigenvalue weighted by Gasteiger charge is 2.39. The van der Waals surface area contributed by atoms with E-state index in [9.17, 15) is 18.4 Å². The van der Waals surface area contributed by atoms with Crippen molar-refractivity contribution in [3.8, 4) is 5.75 Å². The predicted molar refractivity (Wildman–Crippen MR) is 89.9 cm³/mol. The fourth-order valence-electron chi connectivity index (χ4n) is 3.02. The molecule has 0 bridgehead atoms. The van der Waals surface area contributed by atoms with Crippen molar-refractivity contribution in [1.82, 2.24) is 19.6 Å². The third-order valence-electron chi connectivity index (χ3n) is 4.34. The van der Waals surface area contributed by atoms with Crippen LogP contribution < -0.4 is 10.1 Å². The first-order valence-electron chi connectivity index (χ1n) is 8.05. The first-order valence-corrected chi connectivity index (χ1v) is 8.05. The van der Waals surface area contributed by atoms with Gasteiger partial charge in [0.25, 0.3) is 5.91 Å². The first-order chi connectivity index (χ1) is 13.0. The number of amides is 3. The highest BCUT2D eigenvalue weighted by molar-refractivity contribution is 6.04. The van der Waals surface area contributed by atoms with E-state index >= 15 is 0 Å². The van der Waals surface area contributed by atoms with Gasteiger partial charge >= 0.3 is 6.03 Å². The second-order valence-corrected chi connectivity index (χ2v) is 6.02. The van der Waals surface area contributed by atoms with Gasteiger partial charge in [-0.05, 0) is 29.8 Å². The maximum Gasteiger partial charge on any atom is 0.325 e. The molecule has 1 aromatic carbocycles. The summed E-state index contributed by atoms with van der Waals surface area (Å²) in [4.78, 5) is 30.0. The van der Waals surface area contributed by atoms with Crippen molar-refractivity contribution in [2.45, 2.75) is 12.6 Å². The standard InChI is InChI=1S/C18H14F2N4O3/c1-27-14-5-4-10(7-13(14)20)15-17(25)24(18(26)22-15)9-11-8-23-6-2-3-12(19)16(23)21-11/h2-8,15H,9H2,1H3,(H,22,26). The minimum Gasteiger partial charge on any atom is -0.494 e. The van der Waals surface area contributed by atoms with E-state index in [1.54, 1.807) is 12.4 Å². The van der Waals surface area contributed by atoms with Crippen LogP contribution in [0.3, 0.4) is 0 Å². The summed E-state index contributed by atoms with van der Waals surface area (Å²) in [5.74, 6) is -1.64. The van der Waals surface area contributed by atoms with Gasteiger partial charge in [0.1, 0.15) is 6.04 Å². The fourth-order valence-corrected chi connectivity index (χ4v) is 3.02.